The van der Waals surface area contributed by atoms with Gasteiger partial charge in [0, 0.05) is 11.0 Å². The quantitative estimate of drug-likeness (QED) is 0.246. The van der Waals surface area contributed by atoms with Crippen molar-refractivity contribution in [2.75, 3.05) is 11.9 Å². The van der Waals surface area contributed by atoms with E-state index in [0.717, 1.165) is 5.56 Å². The van der Waals surface area contributed by atoms with Gasteiger partial charge in [0.1, 0.15) is 5.75 Å². The SMILES string of the molecule is O=C(COc1ccc(/C=N\NC(=O)C(=O)Nc2ccccc2Br)cc1)NCc1ccccc1. The number of rotatable bonds is 8. The van der Waals surface area contributed by atoms with Crippen LogP contribution in [-0.4, -0.2) is 30.5 Å². The van der Waals surface area contributed by atoms with Gasteiger partial charge < -0.3 is 15.4 Å². The van der Waals surface area contributed by atoms with E-state index in [-0.39, 0.29) is 12.5 Å². The van der Waals surface area contributed by atoms with Crippen LogP contribution in [0.3, 0.4) is 0 Å². The first-order valence-corrected chi connectivity index (χ1v) is 10.7. The maximum atomic E-state index is 11.9. The lowest BCUT2D eigenvalue weighted by Crippen LogP contribution is -2.32. The van der Waals surface area contributed by atoms with E-state index in [1.54, 1.807) is 48.5 Å². The first-order chi connectivity index (χ1) is 16.0. The molecule has 3 rings (SSSR count). The van der Waals surface area contributed by atoms with Crippen molar-refractivity contribution in [3.63, 3.8) is 0 Å². The van der Waals surface area contributed by atoms with Crippen LogP contribution in [0.25, 0.3) is 0 Å². The highest BCUT2D eigenvalue weighted by atomic mass is 79.9. The van der Waals surface area contributed by atoms with Crippen LogP contribution in [0.2, 0.25) is 0 Å². The number of amides is 3. The minimum absolute atomic E-state index is 0.108. The number of anilines is 1. The van der Waals surface area contributed by atoms with Crippen molar-refractivity contribution < 1.29 is 19.1 Å². The third kappa shape index (κ3) is 7.89. The van der Waals surface area contributed by atoms with Crippen molar-refractivity contribution in [3.8, 4) is 5.75 Å². The first-order valence-electron chi connectivity index (χ1n) is 9.93. The lowest BCUT2D eigenvalue weighted by molar-refractivity contribution is -0.136. The molecular weight excluding hydrogens is 488 g/mol. The van der Waals surface area contributed by atoms with Gasteiger partial charge in [0.25, 0.3) is 5.91 Å². The number of benzene rings is 3. The summed E-state index contributed by atoms with van der Waals surface area (Å²) < 4.78 is 6.13. The minimum atomic E-state index is -0.900. The van der Waals surface area contributed by atoms with Gasteiger partial charge in [-0.3, -0.25) is 14.4 Å². The monoisotopic (exact) mass is 508 g/mol. The van der Waals surface area contributed by atoms with Crippen LogP contribution in [0.4, 0.5) is 5.69 Å². The number of para-hydroxylation sites is 1. The molecule has 9 heteroatoms. The number of hydrazone groups is 1. The lowest BCUT2D eigenvalue weighted by Gasteiger charge is -2.08. The number of hydrogen-bond acceptors (Lipinski definition) is 5. The van der Waals surface area contributed by atoms with E-state index in [9.17, 15) is 14.4 Å². The van der Waals surface area contributed by atoms with Gasteiger partial charge in [0.2, 0.25) is 0 Å². The summed E-state index contributed by atoms with van der Waals surface area (Å²) in [7, 11) is 0. The Bertz CT molecular complexity index is 1130. The van der Waals surface area contributed by atoms with Crippen LogP contribution in [0.1, 0.15) is 11.1 Å². The molecule has 3 amide bonds. The Hall–Kier alpha value is -3.98. The lowest BCUT2D eigenvalue weighted by atomic mass is 10.2. The van der Waals surface area contributed by atoms with Crippen LogP contribution in [-0.2, 0) is 20.9 Å². The maximum Gasteiger partial charge on any atom is 0.329 e. The predicted molar refractivity (Wildman–Crippen MR) is 129 cm³/mol. The number of carbonyl (C=O) groups excluding carboxylic acids is 3. The molecule has 0 saturated heterocycles. The van der Waals surface area contributed by atoms with Gasteiger partial charge in [-0.15, -0.1) is 0 Å². The first kappa shape index (κ1) is 23.7. The fourth-order valence-corrected chi connectivity index (χ4v) is 2.99. The van der Waals surface area contributed by atoms with Gasteiger partial charge in [-0.1, -0.05) is 42.5 Å². The van der Waals surface area contributed by atoms with Crippen LogP contribution in [0, 0.1) is 0 Å². The molecule has 0 aromatic heterocycles. The zero-order chi connectivity index (χ0) is 23.5. The van der Waals surface area contributed by atoms with Gasteiger partial charge in [-0.25, -0.2) is 5.43 Å². The van der Waals surface area contributed by atoms with Gasteiger partial charge in [-0.05, 0) is 63.5 Å². The Morgan fingerprint density at radius 1 is 0.879 bits per heavy atom. The highest BCUT2D eigenvalue weighted by molar-refractivity contribution is 9.10. The van der Waals surface area contributed by atoms with E-state index >= 15 is 0 Å². The second-order valence-corrected chi connectivity index (χ2v) is 7.61. The van der Waals surface area contributed by atoms with Crippen molar-refractivity contribution in [3.05, 3.63) is 94.5 Å². The number of nitrogens with one attached hydrogen (secondary N) is 3. The summed E-state index contributed by atoms with van der Waals surface area (Å²) in [4.78, 5) is 35.7. The van der Waals surface area contributed by atoms with E-state index < -0.39 is 11.8 Å². The molecule has 3 aromatic carbocycles. The standard InChI is InChI=1S/C24H21BrN4O4/c25-20-8-4-5-9-21(20)28-23(31)24(32)29-27-15-18-10-12-19(13-11-18)33-16-22(30)26-14-17-6-2-1-3-7-17/h1-13,15H,14,16H2,(H,26,30)(H,28,31)(H,29,32)/b27-15-. The Morgan fingerprint density at radius 3 is 2.30 bits per heavy atom. The minimum Gasteiger partial charge on any atom is -0.484 e. The fraction of sp³-hybridized carbons (Fsp3) is 0.0833. The second kappa shape index (κ2) is 12.2. The smallest absolute Gasteiger partial charge is 0.329 e. The molecular formula is C24H21BrN4O4. The topological polar surface area (TPSA) is 109 Å². The van der Waals surface area contributed by atoms with Gasteiger partial charge in [0.05, 0.1) is 11.9 Å². The molecule has 0 aliphatic heterocycles. The van der Waals surface area contributed by atoms with E-state index in [1.807, 2.05) is 30.3 Å². The summed E-state index contributed by atoms with van der Waals surface area (Å²) in [5.41, 5.74) is 4.32. The van der Waals surface area contributed by atoms with Crippen LogP contribution in [0.5, 0.6) is 5.75 Å². The van der Waals surface area contributed by atoms with Crippen molar-refractivity contribution in [2.45, 2.75) is 6.54 Å². The molecule has 3 N–H and O–H groups in total. The molecule has 0 fully saturated rings. The molecule has 0 atom stereocenters. The molecule has 0 aliphatic carbocycles. The second-order valence-electron chi connectivity index (χ2n) is 6.75. The molecule has 0 bridgehead atoms. The highest BCUT2D eigenvalue weighted by Gasteiger charge is 2.13. The van der Waals surface area contributed by atoms with E-state index in [0.29, 0.717) is 28.0 Å². The summed E-state index contributed by atoms with van der Waals surface area (Å²) in [6, 6.07) is 23.3. The number of carbonyl (C=O) groups is 3. The van der Waals surface area contributed by atoms with Gasteiger partial charge >= 0.3 is 11.8 Å². The molecule has 0 aliphatic rings. The van der Waals surface area contributed by atoms with E-state index in [2.05, 4.69) is 37.1 Å². The molecule has 0 saturated carbocycles. The molecule has 33 heavy (non-hydrogen) atoms. The highest BCUT2D eigenvalue weighted by Crippen LogP contribution is 2.20. The van der Waals surface area contributed by atoms with Crippen LogP contribution in [0.15, 0.2) is 88.4 Å². The summed E-state index contributed by atoms with van der Waals surface area (Å²) in [6.45, 7) is 0.327. The van der Waals surface area contributed by atoms with Gasteiger partial charge in [-0.2, -0.15) is 5.10 Å². The largest absolute Gasteiger partial charge is 0.484 e. The zero-order valence-corrected chi connectivity index (χ0v) is 19.0. The summed E-state index contributed by atoms with van der Waals surface area (Å²) in [6.07, 6.45) is 1.39. The van der Waals surface area contributed by atoms with E-state index in [1.165, 1.54) is 6.21 Å². The van der Waals surface area contributed by atoms with E-state index in [4.69, 9.17) is 4.74 Å². The molecule has 0 heterocycles. The van der Waals surface area contributed by atoms with Crippen LogP contribution >= 0.6 is 15.9 Å². The average Bonchev–Trinajstić information content (AvgIpc) is 2.84. The fourth-order valence-electron chi connectivity index (χ4n) is 2.60. The number of ether oxygens (including phenoxy) is 1. The summed E-state index contributed by atoms with van der Waals surface area (Å²) >= 11 is 3.29. The Labute approximate surface area is 199 Å². The van der Waals surface area contributed by atoms with Crippen molar-refractivity contribution >= 4 is 45.6 Å². The van der Waals surface area contributed by atoms with Crippen molar-refractivity contribution in [1.29, 1.82) is 0 Å². The van der Waals surface area contributed by atoms with Crippen molar-refractivity contribution in [1.82, 2.24) is 10.7 Å². The maximum absolute atomic E-state index is 11.9. The third-order valence-electron chi connectivity index (χ3n) is 4.29. The summed E-state index contributed by atoms with van der Waals surface area (Å²) in [5.74, 6) is -1.45. The predicted octanol–water partition coefficient (Wildman–Crippen LogP) is 3.23. The normalized spacial score (nSPS) is 10.5. The molecule has 0 radical (unpaired) electrons. The Kier molecular flexibility index (Phi) is 8.72. The number of nitrogens with zero attached hydrogens (tertiary/aromatic N) is 1. The molecule has 0 spiro atoms. The average molecular weight is 509 g/mol. The molecule has 8 nitrogen and oxygen atoms in total. The molecule has 3 aromatic rings. The molecule has 168 valence electrons. The molecule has 0 unspecified atom stereocenters. The number of hydrogen-bond donors (Lipinski definition) is 3. The van der Waals surface area contributed by atoms with Gasteiger partial charge in [0.15, 0.2) is 6.61 Å². The summed E-state index contributed by atoms with van der Waals surface area (Å²) in [5, 5.41) is 9.05. The van der Waals surface area contributed by atoms with Crippen molar-refractivity contribution in [2.24, 2.45) is 5.10 Å². The third-order valence-corrected chi connectivity index (χ3v) is 4.98. The Morgan fingerprint density at radius 2 is 1.58 bits per heavy atom. The Balaban J connectivity index is 1.40. The number of halogens is 1. The zero-order valence-electron chi connectivity index (χ0n) is 17.5. The van der Waals surface area contributed by atoms with Crippen LogP contribution < -0.4 is 20.8 Å².